The molecule has 0 aliphatic carbocycles. The van der Waals surface area contributed by atoms with Gasteiger partial charge in [0, 0.05) is 11.3 Å². The second-order valence-corrected chi connectivity index (χ2v) is 5.99. The van der Waals surface area contributed by atoms with Gasteiger partial charge in [-0.2, -0.15) is 0 Å². The molecule has 132 valence electrons. The predicted octanol–water partition coefficient (Wildman–Crippen LogP) is 2.81. The van der Waals surface area contributed by atoms with Gasteiger partial charge in [-0.3, -0.25) is 25.0 Å². The third-order valence-electron chi connectivity index (χ3n) is 3.56. The summed E-state index contributed by atoms with van der Waals surface area (Å²) in [6, 6.07) is 14.2. The maximum Gasteiger partial charge on any atom is 0.288 e. The number of nitrogens with zero attached hydrogens (tertiary/aromatic N) is 2. The number of halogens is 1. The Morgan fingerprint density at radius 2 is 1.65 bits per heavy atom. The smallest absolute Gasteiger partial charge is 0.283 e. The first-order chi connectivity index (χ1) is 12.6. The summed E-state index contributed by atoms with van der Waals surface area (Å²) in [5.74, 6) is -1.34. The summed E-state index contributed by atoms with van der Waals surface area (Å²) in [6.07, 6.45) is 3.22. The first-order valence-corrected chi connectivity index (χ1v) is 8.86. The molecule has 2 N–H and O–H groups in total. The fraction of sp³-hybridized carbons (Fsp3) is 0.0556. The predicted molar refractivity (Wildman–Crippen MR) is 96.7 cm³/mol. The van der Waals surface area contributed by atoms with Crippen LogP contribution in [0.2, 0.25) is 0 Å². The van der Waals surface area contributed by atoms with E-state index in [-0.39, 0.29) is 11.5 Å². The molecule has 8 heteroatoms. The van der Waals surface area contributed by atoms with Gasteiger partial charge in [-0.05, 0) is 42.7 Å². The molecule has 0 saturated heterocycles. The van der Waals surface area contributed by atoms with E-state index < -0.39 is 11.8 Å². The highest BCUT2D eigenvalue weighted by atomic mass is 32.2. The number of aromatic nitrogens is 2. The first kappa shape index (κ1) is 17.7. The van der Waals surface area contributed by atoms with Crippen LogP contribution in [0.25, 0.3) is 5.69 Å². The number of amides is 2. The standard InChI is InChI=1S/C18H15FN4O2S/c1-26-18-20-11-15(23(18)14-9-7-13(19)8-10-14)17(25)22-21-16(24)12-5-3-2-4-6-12/h2-11H,1H3,(H,21,24)(H,22,25). The lowest BCUT2D eigenvalue weighted by molar-refractivity contribution is 0.0842. The molecule has 2 aromatic carbocycles. The van der Waals surface area contributed by atoms with Crippen LogP contribution in [0.4, 0.5) is 4.39 Å². The zero-order valence-electron chi connectivity index (χ0n) is 13.8. The van der Waals surface area contributed by atoms with Crippen molar-refractivity contribution in [2.24, 2.45) is 0 Å². The number of rotatable bonds is 4. The summed E-state index contributed by atoms with van der Waals surface area (Å²) >= 11 is 1.34. The summed E-state index contributed by atoms with van der Waals surface area (Å²) < 4.78 is 14.8. The normalized spacial score (nSPS) is 10.4. The van der Waals surface area contributed by atoms with E-state index in [2.05, 4.69) is 15.8 Å². The molecule has 26 heavy (non-hydrogen) atoms. The zero-order chi connectivity index (χ0) is 18.5. The number of imidazole rings is 1. The van der Waals surface area contributed by atoms with Crippen LogP contribution in [0.5, 0.6) is 0 Å². The van der Waals surface area contributed by atoms with Crippen LogP contribution >= 0.6 is 11.8 Å². The van der Waals surface area contributed by atoms with E-state index in [4.69, 9.17) is 0 Å². The van der Waals surface area contributed by atoms with Gasteiger partial charge in [-0.1, -0.05) is 30.0 Å². The minimum atomic E-state index is -0.536. The third-order valence-corrected chi connectivity index (χ3v) is 4.21. The molecule has 1 heterocycles. The van der Waals surface area contributed by atoms with Gasteiger partial charge in [-0.15, -0.1) is 0 Å². The number of benzene rings is 2. The van der Waals surface area contributed by atoms with Crippen molar-refractivity contribution < 1.29 is 14.0 Å². The Balaban J connectivity index is 1.80. The Bertz CT molecular complexity index is 926. The summed E-state index contributed by atoms with van der Waals surface area (Å²) in [5.41, 5.74) is 5.97. The van der Waals surface area contributed by atoms with Crippen LogP contribution in [0.3, 0.4) is 0 Å². The van der Waals surface area contributed by atoms with Crippen molar-refractivity contribution in [2.45, 2.75) is 5.16 Å². The molecule has 0 aliphatic heterocycles. The number of thioether (sulfide) groups is 1. The fourth-order valence-corrected chi connectivity index (χ4v) is 2.86. The summed E-state index contributed by atoms with van der Waals surface area (Å²) in [5, 5.41) is 0.566. The Labute approximate surface area is 153 Å². The molecule has 0 spiro atoms. The zero-order valence-corrected chi connectivity index (χ0v) is 14.6. The largest absolute Gasteiger partial charge is 0.288 e. The molecule has 0 saturated carbocycles. The molecular formula is C18H15FN4O2S. The van der Waals surface area contributed by atoms with Gasteiger partial charge in [0.15, 0.2) is 5.16 Å². The van der Waals surface area contributed by atoms with Crippen molar-refractivity contribution in [3.63, 3.8) is 0 Å². The molecule has 1 aromatic heterocycles. The number of carbonyl (C=O) groups is 2. The average Bonchev–Trinajstić information content (AvgIpc) is 3.11. The maximum absolute atomic E-state index is 13.2. The Morgan fingerprint density at radius 3 is 2.31 bits per heavy atom. The molecule has 0 aliphatic rings. The number of nitrogens with one attached hydrogen (secondary N) is 2. The number of hydrazine groups is 1. The lowest BCUT2D eigenvalue weighted by atomic mass is 10.2. The number of hydrogen-bond donors (Lipinski definition) is 2. The molecule has 0 radical (unpaired) electrons. The maximum atomic E-state index is 13.2. The van der Waals surface area contributed by atoms with Gasteiger partial charge in [0.25, 0.3) is 11.8 Å². The van der Waals surface area contributed by atoms with Crippen molar-refractivity contribution in [2.75, 3.05) is 6.26 Å². The van der Waals surface area contributed by atoms with Crippen LogP contribution in [0, 0.1) is 5.82 Å². The second-order valence-electron chi connectivity index (χ2n) is 5.22. The van der Waals surface area contributed by atoms with E-state index in [1.165, 1.54) is 30.1 Å². The van der Waals surface area contributed by atoms with Gasteiger partial charge in [0.2, 0.25) is 0 Å². The second kappa shape index (κ2) is 7.83. The first-order valence-electron chi connectivity index (χ1n) is 7.63. The quantitative estimate of drug-likeness (QED) is 0.547. The lowest BCUT2D eigenvalue weighted by Gasteiger charge is -2.12. The van der Waals surface area contributed by atoms with E-state index in [0.717, 1.165) is 0 Å². The summed E-state index contributed by atoms with van der Waals surface area (Å²) in [7, 11) is 0. The SMILES string of the molecule is CSc1ncc(C(=O)NNC(=O)c2ccccc2)n1-c1ccc(F)cc1. The third kappa shape index (κ3) is 3.75. The lowest BCUT2D eigenvalue weighted by Crippen LogP contribution is -2.42. The number of hydrogen-bond acceptors (Lipinski definition) is 4. The van der Waals surface area contributed by atoms with Crippen molar-refractivity contribution in [3.05, 3.63) is 77.9 Å². The Kier molecular flexibility index (Phi) is 5.33. The van der Waals surface area contributed by atoms with Crippen LogP contribution in [-0.4, -0.2) is 27.6 Å². The van der Waals surface area contributed by atoms with Crippen molar-refractivity contribution in [3.8, 4) is 5.69 Å². The van der Waals surface area contributed by atoms with Crippen molar-refractivity contribution in [1.82, 2.24) is 20.4 Å². The van der Waals surface area contributed by atoms with E-state index >= 15 is 0 Å². The molecule has 0 fully saturated rings. The Morgan fingerprint density at radius 1 is 1.00 bits per heavy atom. The van der Waals surface area contributed by atoms with Gasteiger partial charge < -0.3 is 0 Å². The highest BCUT2D eigenvalue weighted by Crippen LogP contribution is 2.21. The van der Waals surface area contributed by atoms with E-state index in [1.807, 2.05) is 6.26 Å². The monoisotopic (exact) mass is 370 g/mol. The highest BCUT2D eigenvalue weighted by Gasteiger charge is 2.18. The van der Waals surface area contributed by atoms with E-state index in [9.17, 15) is 14.0 Å². The molecule has 3 aromatic rings. The molecule has 2 amide bonds. The van der Waals surface area contributed by atoms with Crippen molar-refractivity contribution >= 4 is 23.6 Å². The average molecular weight is 370 g/mol. The molecular weight excluding hydrogens is 355 g/mol. The van der Waals surface area contributed by atoms with Crippen LogP contribution in [0.1, 0.15) is 20.8 Å². The van der Waals surface area contributed by atoms with Crippen LogP contribution in [-0.2, 0) is 0 Å². The van der Waals surface area contributed by atoms with Crippen molar-refractivity contribution in [1.29, 1.82) is 0 Å². The molecule has 3 rings (SSSR count). The van der Waals surface area contributed by atoms with Gasteiger partial charge in [0.1, 0.15) is 11.5 Å². The summed E-state index contributed by atoms with van der Waals surface area (Å²) in [4.78, 5) is 28.7. The minimum absolute atomic E-state index is 0.217. The van der Waals surface area contributed by atoms with E-state index in [1.54, 1.807) is 47.0 Å². The van der Waals surface area contributed by atoms with Gasteiger partial charge >= 0.3 is 0 Å². The molecule has 0 bridgehead atoms. The fourth-order valence-electron chi connectivity index (χ4n) is 2.32. The molecule has 6 nitrogen and oxygen atoms in total. The minimum Gasteiger partial charge on any atom is -0.283 e. The molecule has 0 unspecified atom stereocenters. The van der Waals surface area contributed by atoms with Crippen LogP contribution in [0.15, 0.2) is 66.0 Å². The van der Waals surface area contributed by atoms with Gasteiger partial charge in [0.05, 0.1) is 6.20 Å². The van der Waals surface area contributed by atoms with E-state index in [0.29, 0.717) is 16.4 Å². The Hall–Kier alpha value is -3.13. The summed E-state index contributed by atoms with van der Waals surface area (Å²) in [6.45, 7) is 0. The van der Waals surface area contributed by atoms with Crippen LogP contribution < -0.4 is 10.9 Å². The number of carbonyl (C=O) groups excluding carboxylic acids is 2. The molecule has 0 atom stereocenters. The highest BCUT2D eigenvalue weighted by molar-refractivity contribution is 7.98. The topological polar surface area (TPSA) is 76.0 Å². The van der Waals surface area contributed by atoms with Gasteiger partial charge in [-0.25, -0.2) is 9.37 Å².